The molecule has 1 aliphatic carbocycles. The van der Waals surface area contributed by atoms with Crippen LogP contribution in [-0.2, 0) is 9.59 Å². The highest BCUT2D eigenvalue weighted by Crippen LogP contribution is 2.41. The molecule has 5 heteroatoms. The molecule has 3 aliphatic rings. The average Bonchev–Trinajstić information content (AvgIpc) is 2.90. The van der Waals surface area contributed by atoms with Gasteiger partial charge in [-0.3, -0.25) is 14.5 Å². The Hall–Kier alpha value is -1.46. The summed E-state index contributed by atoms with van der Waals surface area (Å²) in [6, 6.07) is 4.31. The summed E-state index contributed by atoms with van der Waals surface area (Å²) >= 11 is 1.21. The molecule has 120 valence electrons. The Labute approximate surface area is 145 Å². The third-order valence-corrected chi connectivity index (χ3v) is 5.52. The molecule has 4 rings (SSSR count). The van der Waals surface area contributed by atoms with E-state index in [-0.39, 0.29) is 22.5 Å². The summed E-state index contributed by atoms with van der Waals surface area (Å²) in [6.45, 7) is 0.575. The first-order valence-corrected chi connectivity index (χ1v) is 8.34. The Kier molecular flexibility index (Phi) is 2.66. The van der Waals surface area contributed by atoms with Crippen LogP contribution in [0.5, 0.6) is 0 Å². The first-order valence-electron chi connectivity index (χ1n) is 9.96. The van der Waals surface area contributed by atoms with Gasteiger partial charge in [-0.05, 0) is 36.9 Å². The lowest BCUT2D eigenvalue weighted by atomic mass is 9.94. The minimum atomic E-state index is -2.66. The lowest BCUT2D eigenvalue weighted by Crippen LogP contribution is -2.42. The largest absolute Gasteiger partial charge is 0.297 e. The van der Waals surface area contributed by atoms with Gasteiger partial charge in [0, 0.05) is 36.7 Å². The standard InChI is InChI=1S/C18H18FNO2S/c19-14-4-2-1-3-13(14)17(18(22)11-5-6-11)20-8-7-15-12(10-20)9-16(21)23-15/h1-4,9,11,15,17H,5-8,10H2/i5D2,6D2,11D. The van der Waals surface area contributed by atoms with Gasteiger partial charge < -0.3 is 0 Å². The van der Waals surface area contributed by atoms with Crippen LogP contribution in [0.2, 0.25) is 0 Å². The number of nitrogens with zero attached hydrogens (tertiary/aromatic N) is 1. The van der Waals surface area contributed by atoms with Gasteiger partial charge in [-0.15, -0.1) is 0 Å². The number of likely N-dealkylation sites (tertiary alicyclic amines) is 1. The van der Waals surface area contributed by atoms with Gasteiger partial charge >= 0.3 is 0 Å². The van der Waals surface area contributed by atoms with Crippen molar-refractivity contribution < 1.29 is 20.8 Å². The van der Waals surface area contributed by atoms with Crippen molar-refractivity contribution in [3.8, 4) is 0 Å². The van der Waals surface area contributed by atoms with Crippen LogP contribution in [0.4, 0.5) is 4.39 Å². The Morgan fingerprint density at radius 3 is 2.96 bits per heavy atom. The van der Waals surface area contributed by atoms with Crippen LogP contribution < -0.4 is 0 Å². The molecule has 0 N–H and O–H groups in total. The molecule has 1 saturated heterocycles. The predicted molar refractivity (Wildman–Crippen MR) is 87.5 cm³/mol. The number of piperidine rings is 1. The number of hydrogen-bond donors (Lipinski definition) is 0. The molecular formula is C18H18FNO2S. The van der Waals surface area contributed by atoms with Gasteiger partial charge in [-0.1, -0.05) is 30.0 Å². The van der Waals surface area contributed by atoms with Gasteiger partial charge in [0.05, 0.1) is 6.04 Å². The van der Waals surface area contributed by atoms with Crippen LogP contribution in [0.1, 0.15) is 37.6 Å². The Bertz CT molecular complexity index is 892. The number of ketones is 1. The van der Waals surface area contributed by atoms with Gasteiger partial charge in [-0.25, -0.2) is 4.39 Å². The third kappa shape index (κ3) is 2.88. The number of Topliss-reactive ketones (excluding diaryl/α,β-unsaturated/α-hetero) is 1. The highest BCUT2D eigenvalue weighted by atomic mass is 32.2. The molecule has 3 nitrogen and oxygen atoms in total. The molecule has 23 heavy (non-hydrogen) atoms. The molecule has 0 radical (unpaired) electrons. The molecule has 1 aromatic carbocycles. The van der Waals surface area contributed by atoms with Gasteiger partial charge in [0.2, 0.25) is 5.12 Å². The van der Waals surface area contributed by atoms with Crippen molar-refractivity contribution in [2.45, 2.75) is 30.5 Å². The fourth-order valence-electron chi connectivity index (χ4n) is 3.19. The van der Waals surface area contributed by atoms with Crippen LogP contribution in [0.3, 0.4) is 0 Å². The summed E-state index contributed by atoms with van der Waals surface area (Å²) in [5.41, 5.74) is 0.810. The molecule has 2 aliphatic heterocycles. The second-order valence-electron chi connectivity index (χ2n) is 5.82. The zero-order valence-electron chi connectivity index (χ0n) is 17.2. The summed E-state index contributed by atoms with van der Waals surface area (Å²) in [7, 11) is 0. The molecule has 0 bridgehead atoms. The topological polar surface area (TPSA) is 37.4 Å². The minimum absolute atomic E-state index is 0.00588. The molecule has 2 unspecified atom stereocenters. The van der Waals surface area contributed by atoms with E-state index in [0.717, 1.165) is 5.57 Å². The van der Waals surface area contributed by atoms with Gasteiger partial charge in [0.1, 0.15) is 5.82 Å². The number of halogens is 1. The highest BCUT2D eigenvalue weighted by molar-refractivity contribution is 8.15. The molecule has 1 aromatic rings. The quantitative estimate of drug-likeness (QED) is 0.847. The molecule has 2 heterocycles. The first-order chi connectivity index (χ1) is 13.0. The van der Waals surface area contributed by atoms with E-state index in [1.165, 1.54) is 36.0 Å². The number of rotatable bonds is 4. The summed E-state index contributed by atoms with van der Waals surface area (Å²) in [4.78, 5) is 26.6. The van der Waals surface area contributed by atoms with Crippen LogP contribution in [0.25, 0.3) is 0 Å². The molecule has 0 spiro atoms. The minimum Gasteiger partial charge on any atom is -0.297 e. The molecule has 1 saturated carbocycles. The maximum absolute atomic E-state index is 14.6. The van der Waals surface area contributed by atoms with E-state index in [0.29, 0.717) is 13.0 Å². The number of hydrogen-bond acceptors (Lipinski definition) is 4. The van der Waals surface area contributed by atoms with Crippen molar-refractivity contribution >= 4 is 22.7 Å². The highest BCUT2D eigenvalue weighted by Gasteiger charge is 2.42. The van der Waals surface area contributed by atoms with E-state index < -0.39 is 36.3 Å². The fraction of sp³-hybridized carbons (Fsp3) is 0.444. The molecular weight excluding hydrogens is 313 g/mol. The zero-order chi connectivity index (χ0) is 20.5. The van der Waals surface area contributed by atoms with Crippen LogP contribution in [-0.4, -0.2) is 34.1 Å². The van der Waals surface area contributed by atoms with Crippen molar-refractivity contribution in [1.29, 1.82) is 0 Å². The van der Waals surface area contributed by atoms with E-state index in [2.05, 4.69) is 0 Å². The normalized spacial score (nSPS) is 34.8. The van der Waals surface area contributed by atoms with Crippen LogP contribution in [0.15, 0.2) is 35.9 Å². The maximum atomic E-state index is 14.6. The number of carbonyl (C=O) groups excluding carboxylic acids is 2. The second kappa shape index (κ2) is 5.87. The lowest BCUT2D eigenvalue weighted by molar-refractivity contribution is -0.126. The van der Waals surface area contributed by atoms with Crippen LogP contribution >= 0.6 is 11.8 Å². The van der Waals surface area contributed by atoms with Gasteiger partial charge in [-0.2, -0.15) is 0 Å². The van der Waals surface area contributed by atoms with E-state index in [1.54, 1.807) is 11.0 Å². The van der Waals surface area contributed by atoms with E-state index in [9.17, 15) is 14.0 Å². The maximum Gasteiger partial charge on any atom is 0.212 e. The molecule has 2 atom stereocenters. The number of fused-ring (bicyclic) bond motifs is 1. The second-order valence-corrected chi connectivity index (χ2v) is 7.02. The summed E-state index contributed by atoms with van der Waals surface area (Å²) < 4.78 is 54.1. The van der Waals surface area contributed by atoms with E-state index in [1.807, 2.05) is 0 Å². The zero-order valence-corrected chi connectivity index (χ0v) is 13.0. The SMILES string of the molecule is [2H]C1([2H])C([2H])([2H])C1([2H])C(=O)C(c1ccccc1F)N1CCC2SC(=O)C=C2C1. The van der Waals surface area contributed by atoms with Crippen molar-refractivity contribution in [1.82, 2.24) is 4.90 Å². The van der Waals surface area contributed by atoms with Gasteiger partial charge in [0.15, 0.2) is 5.78 Å². The Morgan fingerprint density at radius 1 is 1.43 bits per heavy atom. The van der Waals surface area contributed by atoms with Crippen molar-refractivity contribution in [2.75, 3.05) is 13.1 Å². The first kappa shape index (κ1) is 10.4. The predicted octanol–water partition coefficient (Wildman–Crippen LogP) is 3.12. The van der Waals surface area contributed by atoms with E-state index in [4.69, 9.17) is 6.85 Å². The van der Waals surface area contributed by atoms with E-state index >= 15 is 0 Å². The van der Waals surface area contributed by atoms with Gasteiger partial charge in [0.25, 0.3) is 0 Å². The smallest absolute Gasteiger partial charge is 0.212 e. The Morgan fingerprint density at radius 2 is 2.22 bits per heavy atom. The molecule has 0 aromatic heterocycles. The lowest BCUT2D eigenvalue weighted by Gasteiger charge is -2.37. The summed E-state index contributed by atoms with van der Waals surface area (Å²) in [6.07, 6.45) is -3.24. The average molecular weight is 336 g/mol. The summed E-state index contributed by atoms with van der Waals surface area (Å²) in [5, 5.41) is -0.0497. The Balaban J connectivity index is 1.74. The van der Waals surface area contributed by atoms with Crippen LogP contribution in [0, 0.1) is 11.7 Å². The van der Waals surface area contributed by atoms with Crippen molar-refractivity contribution in [2.24, 2.45) is 5.89 Å². The summed E-state index contributed by atoms with van der Waals surface area (Å²) in [5.74, 6) is -4.28. The monoisotopic (exact) mass is 336 g/mol. The fourth-order valence-corrected chi connectivity index (χ4v) is 4.21. The molecule has 0 amide bonds. The number of benzene rings is 1. The molecule has 2 fully saturated rings. The van der Waals surface area contributed by atoms with Crippen molar-refractivity contribution in [3.05, 3.63) is 47.3 Å². The van der Waals surface area contributed by atoms with Crippen molar-refractivity contribution in [3.63, 3.8) is 0 Å². The number of carbonyl (C=O) groups is 2. The number of thioether (sulfide) groups is 1. The third-order valence-electron chi connectivity index (χ3n) is 4.35.